The van der Waals surface area contributed by atoms with Crippen LogP contribution in [-0.2, 0) is 11.2 Å². The molecular formula is C17H13Cl3N2O2S. The number of alkyl halides is 3. The molecule has 0 unspecified atom stereocenters. The van der Waals surface area contributed by atoms with Crippen LogP contribution in [0.3, 0.4) is 0 Å². The van der Waals surface area contributed by atoms with E-state index in [-0.39, 0.29) is 12.3 Å². The van der Waals surface area contributed by atoms with Gasteiger partial charge in [-0.2, -0.15) is 0 Å². The third kappa shape index (κ3) is 5.05. The van der Waals surface area contributed by atoms with Crippen molar-refractivity contribution in [1.29, 1.82) is 0 Å². The number of carbonyl (C=O) groups excluding carboxylic acids is 1. The van der Waals surface area contributed by atoms with Crippen molar-refractivity contribution < 1.29 is 9.21 Å². The first-order chi connectivity index (χ1) is 11.9. The summed E-state index contributed by atoms with van der Waals surface area (Å²) in [5.41, 5.74) is 2.20. The summed E-state index contributed by atoms with van der Waals surface area (Å²) in [6.45, 7) is 0. The average molecular weight is 416 g/mol. The molecule has 0 aliphatic rings. The number of hydrogen-bond acceptors (Lipinski definition) is 4. The molecule has 0 saturated carbocycles. The lowest BCUT2D eigenvalue weighted by molar-refractivity contribution is -0.120. The van der Waals surface area contributed by atoms with E-state index in [1.165, 1.54) is 0 Å². The third-order valence-electron chi connectivity index (χ3n) is 3.29. The molecule has 0 radical (unpaired) electrons. The Labute approximate surface area is 163 Å². The highest BCUT2D eigenvalue weighted by Crippen LogP contribution is 2.39. The van der Waals surface area contributed by atoms with Gasteiger partial charge in [0.1, 0.15) is 10.9 Å². The standard InChI is InChI=1S/C17H13Cl3N2O2S/c18-17(19,20)15(22-14(23)10-11-6-2-1-3-7-11)25-16-21-12-8-4-5-9-13(12)24-16/h1-9,15H,10H2,(H,22,23)/t15-/m1/s1. The van der Waals surface area contributed by atoms with Crippen LogP contribution in [0.4, 0.5) is 0 Å². The highest BCUT2D eigenvalue weighted by molar-refractivity contribution is 8.00. The summed E-state index contributed by atoms with van der Waals surface area (Å²) in [5, 5.41) is 2.20. The maximum Gasteiger partial charge on any atom is 0.258 e. The van der Waals surface area contributed by atoms with E-state index in [4.69, 9.17) is 39.2 Å². The van der Waals surface area contributed by atoms with Gasteiger partial charge in [0, 0.05) is 0 Å². The maximum atomic E-state index is 12.3. The van der Waals surface area contributed by atoms with Gasteiger partial charge >= 0.3 is 0 Å². The molecule has 1 heterocycles. The van der Waals surface area contributed by atoms with Crippen LogP contribution in [0.25, 0.3) is 11.1 Å². The summed E-state index contributed by atoms with van der Waals surface area (Å²) >= 11 is 19.1. The van der Waals surface area contributed by atoms with Crippen molar-refractivity contribution in [3.63, 3.8) is 0 Å². The van der Waals surface area contributed by atoms with E-state index in [1.807, 2.05) is 48.5 Å². The molecule has 0 fully saturated rings. The van der Waals surface area contributed by atoms with E-state index in [0.717, 1.165) is 17.3 Å². The molecule has 1 aromatic heterocycles. The quantitative estimate of drug-likeness (QED) is 0.363. The lowest BCUT2D eigenvalue weighted by atomic mass is 10.1. The SMILES string of the molecule is O=C(Cc1ccccc1)N[C@H](Sc1nc2ccccc2o1)C(Cl)(Cl)Cl. The summed E-state index contributed by atoms with van der Waals surface area (Å²) in [6, 6.07) is 16.6. The number of halogens is 3. The van der Waals surface area contributed by atoms with Gasteiger partial charge in [0.15, 0.2) is 5.58 Å². The van der Waals surface area contributed by atoms with Crippen molar-refractivity contribution in [2.45, 2.75) is 20.8 Å². The van der Waals surface area contributed by atoms with Crippen molar-refractivity contribution in [3.8, 4) is 0 Å². The van der Waals surface area contributed by atoms with Crippen LogP contribution in [0, 0.1) is 0 Å². The van der Waals surface area contributed by atoms with Crippen LogP contribution in [0.15, 0.2) is 64.2 Å². The van der Waals surface area contributed by atoms with Crippen molar-refractivity contribution in [3.05, 3.63) is 60.2 Å². The Morgan fingerprint density at radius 2 is 1.80 bits per heavy atom. The molecule has 0 aliphatic heterocycles. The molecule has 3 aromatic rings. The first-order valence-corrected chi connectivity index (χ1v) is 9.35. The van der Waals surface area contributed by atoms with Crippen molar-refractivity contribution in [1.82, 2.24) is 10.3 Å². The molecule has 8 heteroatoms. The van der Waals surface area contributed by atoms with Crippen molar-refractivity contribution in [2.75, 3.05) is 0 Å². The Morgan fingerprint density at radius 1 is 1.12 bits per heavy atom. The minimum atomic E-state index is -1.72. The predicted octanol–water partition coefficient (Wildman–Crippen LogP) is 4.98. The largest absolute Gasteiger partial charge is 0.431 e. The first kappa shape index (κ1) is 18.4. The highest BCUT2D eigenvalue weighted by atomic mass is 35.6. The summed E-state index contributed by atoms with van der Waals surface area (Å²) in [5.74, 6) is -0.258. The molecule has 0 aliphatic carbocycles. The second kappa shape index (κ2) is 7.87. The Hall–Kier alpha value is -1.40. The number of nitrogens with zero attached hydrogens (tertiary/aromatic N) is 1. The number of fused-ring (bicyclic) bond motifs is 1. The van der Waals surface area contributed by atoms with E-state index < -0.39 is 9.17 Å². The molecule has 1 N–H and O–H groups in total. The lowest BCUT2D eigenvalue weighted by Gasteiger charge is -2.23. The molecule has 25 heavy (non-hydrogen) atoms. The lowest BCUT2D eigenvalue weighted by Crippen LogP contribution is -2.42. The Kier molecular flexibility index (Phi) is 5.79. The number of carbonyl (C=O) groups is 1. The van der Waals surface area contributed by atoms with Gasteiger partial charge in [-0.15, -0.1) is 0 Å². The zero-order valence-corrected chi connectivity index (χ0v) is 15.9. The molecule has 3 rings (SSSR count). The van der Waals surface area contributed by atoms with Gasteiger partial charge in [0.2, 0.25) is 9.70 Å². The van der Waals surface area contributed by atoms with Gasteiger partial charge in [0.25, 0.3) is 5.22 Å². The molecule has 0 spiro atoms. The van der Waals surface area contributed by atoms with Gasteiger partial charge in [-0.25, -0.2) is 4.98 Å². The summed E-state index contributed by atoms with van der Waals surface area (Å²) in [7, 11) is 0. The number of rotatable bonds is 5. The van der Waals surface area contributed by atoms with Crippen LogP contribution in [-0.4, -0.2) is 20.1 Å². The van der Waals surface area contributed by atoms with Crippen LogP contribution in [0.5, 0.6) is 0 Å². The smallest absolute Gasteiger partial charge is 0.258 e. The average Bonchev–Trinajstić information content (AvgIpc) is 2.96. The number of hydrogen-bond donors (Lipinski definition) is 1. The van der Waals surface area contributed by atoms with E-state index >= 15 is 0 Å². The second-order valence-corrected chi connectivity index (χ2v) is 8.64. The number of para-hydroxylation sites is 2. The van der Waals surface area contributed by atoms with E-state index in [2.05, 4.69) is 10.3 Å². The summed E-state index contributed by atoms with van der Waals surface area (Å²) in [4.78, 5) is 16.6. The number of amides is 1. The van der Waals surface area contributed by atoms with E-state index in [9.17, 15) is 4.79 Å². The minimum absolute atomic E-state index is 0.187. The fourth-order valence-electron chi connectivity index (χ4n) is 2.16. The predicted molar refractivity (Wildman–Crippen MR) is 102 cm³/mol. The number of aromatic nitrogens is 1. The molecule has 130 valence electrons. The Bertz CT molecular complexity index is 832. The fourth-order valence-corrected chi connectivity index (χ4v) is 3.54. The second-order valence-electron chi connectivity index (χ2n) is 5.22. The monoisotopic (exact) mass is 414 g/mol. The third-order valence-corrected chi connectivity index (χ3v) is 5.42. The van der Waals surface area contributed by atoms with Gasteiger partial charge in [-0.05, 0) is 29.5 Å². The van der Waals surface area contributed by atoms with Gasteiger partial charge in [-0.1, -0.05) is 77.3 Å². The van der Waals surface area contributed by atoms with Crippen LogP contribution >= 0.6 is 46.6 Å². The highest BCUT2D eigenvalue weighted by Gasteiger charge is 2.36. The number of benzene rings is 2. The molecule has 4 nitrogen and oxygen atoms in total. The van der Waals surface area contributed by atoms with Crippen LogP contribution in [0.2, 0.25) is 0 Å². The normalized spacial score (nSPS) is 12.9. The summed E-state index contributed by atoms with van der Waals surface area (Å²) in [6.07, 6.45) is 0.187. The zero-order valence-electron chi connectivity index (χ0n) is 12.8. The van der Waals surface area contributed by atoms with Crippen molar-refractivity contribution >= 4 is 63.6 Å². The fraction of sp³-hybridized carbons (Fsp3) is 0.176. The number of oxazole rings is 1. The molecule has 2 aromatic carbocycles. The van der Waals surface area contributed by atoms with Gasteiger partial charge in [-0.3, -0.25) is 4.79 Å². The van der Waals surface area contributed by atoms with Crippen LogP contribution < -0.4 is 5.32 Å². The molecule has 0 bridgehead atoms. The molecular weight excluding hydrogens is 403 g/mol. The first-order valence-electron chi connectivity index (χ1n) is 7.34. The minimum Gasteiger partial charge on any atom is -0.431 e. The summed E-state index contributed by atoms with van der Waals surface area (Å²) < 4.78 is 3.89. The Morgan fingerprint density at radius 3 is 2.48 bits per heavy atom. The number of thioether (sulfide) groups is 1. The zero-order chi connectivity index (χ0) is 17.9. The maximum absolute atomic E-state index is 12.3. The molecule has 1 amide bonds. The van der Waals surface area contributed by atoms with Gasteiger partial charge < -0.3 is 9.73 Å². The Balaban J connectivity index is 1.72. The van der Waals surface area contributed by atoms with Crippen LogP contribution in [0.1, 0.15) is 5.56 Å². The molecule has 0 saturated heterocycles. The topological polar surface area (TPSA) is 55.1 Å². The van der Waals surface area contributed by atoms with Crippen molar-refractivity contribution in [2.24, 2.45) is 0 Å². The van der Waals surface area contributed by atoms with E-state index in [1.54, 1.807) is 6.07 Å². The van der Waals surface area contributed by atoms with Gasteiger partial charge in [0.05, 0.1) is 6.42 Å². The number of nitrogens with one attached hydrogen (secondary N) is 1. The molecule has 1 atom stereocenters. The van der Waals surface area contributed by atoms with E-state index in [0.29, 0.717) is 16.3 Å².